The van der Waals surface area contributed by atoms with Crippen molar-refractivity contribution in [2.75, 3.05) is 0 Å². The minimum atomic E-state index is 0.649. The molecule has 0 aromatic rings. The molecule has 0 spiro atoms. The van der Waals surface area contributed by atoms with Crippen molar-refractivity contribution in [1.82, 2.24) is 0 Å². The first-order chi connectivity index (χ1) is 9.69. The first-order valence-electron chi connectivity index (χ1n) is 9.69. The van der Waals surface area contributed by atoms with Crippen molar-refractivity contribution in [3.05, 3.63) is 0 Å². The predicted molar refractivity (Wildman–Crippen MR) is 85.5 cm³/mol. The molecule has 21 heavy (non-hydrogen) atoms. The van der Waals surface area contributed by atoms with Crippen molar-refractivity contribution in [3.63, 3.8) is 0 Å². The van der Waals surface area contributed by atoms with E-state index >= 15 is 0 Å². The number of hydrogen-bond acceptors (Lipinski definition) is 0. The Hall–Kier alpha value is 0. The Morgan fingerprint density at radius 1 is 0.667 bits per heavy atom. The van der Waals surface area contributed by atoms with Crippen LogP contribution >= 0.6 is 0 Å². The maximum atomic E-state index is 2.74. The monoisotopic (exact) mass is 284 g/mol. The molecule has 4 bridgehead atoms. The van der Waals surface area contributed by atoms with E-state index in [2.05, 4.69) is 48.5 Å². The summed E-state index contributed by atoms with van der Waals surface area (Å²) < 4.78 is 0. The zero-order chi connectivity index (χ0) is 14.9. The van der Waals surface area contributed by atoms with Gasteiger partial charge < -0.3 is 0 Å². The van der Waals surface area contributed by atoms with E-state index in [1.165, 1.54) is 0 Å². The molecule has 0 aromatic heterocycles. The van der Waals surface area contributed by atoms with Crippen LogP contribution in [0.25, 0.3) is 0 Å². The van der Waals surface area contributed by atoms with Gasteiger partial charge in [-0.15, -0.1) is 0 Å². The standard InChI is InChI=1S/C21H32/c1-9-14-11(3)20(6)15(9)17-16-13-8-12(18(13,14)4)10(2)19(16,5)21(17,20)7/h9-17H,8H2,1-7H3. The molecule has 0 heterocycles. The van der Waals surface area contributed by atoms with E-state index in [0.717, 1.165) is 53.3 Å². The molecule has 0 N–H and O–H groups in total. The predicted octanol–water partition coefficient (Wildman–Crippen LogP) is 5.09. The topological polar surface area (TPSA) is 0 Å². The Bertz CT molecular complexity index is 587. The molecule has 6 fully saturated rings. The second kappa shape index (κ2) is 2.67. The molecule has 6 aliphatic rings. The first-order valence-corrected chi connectivity index (χ1v) is 9.69. The highest BCUT2D eigenvalue weighted by Gasteiger charge is 2.95. The van der Waals surface area contributed by atoms with Crippen LogP contribution in [0.15, 0.2) is 0 Å². The fraction of sp³-hybridized carbons (Fsp3) is 1.00. The zero-order valence-corrected chi connectivity index (χ0v) is 14.9. The summed E-state index contributed by atoms with van der Waals surface area (Å²) in [5, 5.41) is 0. The van der Waals surface area contributed by atoms with Gasteiger partial charge in [-0.3, -0.25) is 0 Å². The molecule has 13 unspecified atom stereocenters. The average molecular weight is 284 g/mol. The molecule has 0 nitrogen and oxygen atoms in total. The normalized spacial score (nSPS) is 85.0. The maximum Gasteiger partial charge on any atom is -0.0173 e. The molecule has 0 radical (unpaired) electrons. The molecule has 0 aliphatic heterocycles. The second-order valence-corrected chi connectivity index (χ2v) is 11.1. The van der Waals surface area contributed by atoms with E-state index in [0.29, 0.717) is 21.7 Å². The van der Waals surface area contributed by atoms with Crippen LogP contribution in [0, 0.1) is 74.9 Å². The summed E-state index contributed by atoms with van der Waals surface area (Å²) in [5.41, 5.74) is 2.68. The molecule has 116 valence electrons. The molecule has 6 aliphatic carbocycles. The quantitative estimate of drug-likeness (QED) is 0.581. The third-order valence-corrected chi connectivity index (χ3v) is 12.5. The minimum absolute atomic E-state index is 0.649. The Morgan fingerprint density at radius 2 is 1.29 bits per heavy atom. The number of fused-ring (bicyclic) bond motifs is 6. The summed E-state index contributed by atoms with van der Waals surface area (Å²) in [4.78, 5) is 0. The van der Waals surface area contributed by atoms with Gasteiger partial charge in [0.1, 0.15) is 0 Å². The van der Waals surface area contributed by atoms with Crippen LogP contribution in [0.2, 0.25) is 0 Å². The lowest BCUT2D eigenvalue weighted by molar-refractivity contribution is -0.462. The summed E-state index contributed by atoms with van der Waals surface area (Å²) >= 11 is 0. The van der Waals surface area contributed by atoms with Crippen LogP contribution in [-0.4, -0.2) is 0 Å². The summed E-state index contributed by atoms with van der Waals surface area (Å²) in [6.07, 6.45) is 1.59. The SMILES string of the molecule is CC1C2C(C)C3(C)C1C1C4C5CC(C(C)C4(C)C13C)C52C. The van der Waals surface area contributed by atoms with Crippen LogP contribution in [0.5, 0.6) is 0 Å². The number of rotatable bonds is 0. The average Bonchev–Trinajstić information content (AvgIpc) is 2.58. The molecule has 0 heteroatoms. The van der Waals surface area contributed by atoms with Gasteiger partial charge in [0.2, 0.25) is 0 Å². The van der Waals surface area contributed by atoms with E-state index in [1.54, 1.807) is 6.42 Å². The van der Waals surface area contributed by atoms with Crippen LogP contribution in [0.3, 0.4) is 0 Å². The fourth-order valence-corrected chi connectivity index (χ4v) is 11.8. The van der Waals surface area contributed by atoms with Gasteiger partial charge in [0, 0.05) is 0 Å². The van der Waals surface area contributed by atoms with E-state index in [1.807, 2.05) is 0 Å². The van der Waals surface area contributed by atoms with Crippen molar-refractivity contribution in [2.24, 2.45) is 74.9 Å². The highest BCUT2D eigenvalue weighted by molar-refractivity contribution is 5.42. The number of hydrogen-bond donors (Lipinski definition) is 0. The molecular weight excluding hydrogens is 252 g/mol. The molecular formula is C21H32. The van der Waals surface area contributed by atoms with Gasteiger partial charge in [0.25, 0.3) is 0 Å². The van der Waals surface area contributed by atoms with E-state index in [4.69, 9.17) is 0 Å². The van der Waals surface area contributed by atoms with Gasteiger partial charge >= 0.3 is 0 Å². The van der Waals surface area contributed by atoms with E-state index in [-0.39, 0.29) is 0 Å². The molecule has 0 saturated heterocycles. The highest BCUT2D eigenvalue weighted by atomic mass is 15.0. The van der Waals surface area contributed by atoms with Gasteiger partial charge in [0.05, 0.1) is 0 Å². The fourth-order valence-electron chi connectivity index (χ4n) is 11.8. The van der Waals surface area contributed by atoms with Crippen molar-refractivity contribution in [1.29, 1.82) is 0 Å². The van der Waals surface area contributed by atoms with Crippen molar-refractivity contribution >= 4 is 0 Å². The van der Waals surface area contributed by atoms with Gasteiger partial charge in [-0.1, -0.05) is 48.5 Å². The van der Waals surface area contributed by atoms with E-state index in [9.17, 15) is 0 Å². The third kappa shape index (κ3) is 0.675. The lowest BCUT2D eigenvalue weighted by atomic mass is 9.11. The second-order valence-electron chi connectivity index (χ2n) is 11.1. The molecule has 0 aromatic carbocycles. The summed E-state index contributed by atoms with van der Waals surface area (Å²) in [5.74, 6) is 9.33. The van der Waals surface area contributed by atoms with Crippen LogP contribution in [0.4, 0.5) is 0 Å². The van der Waals surface area contributed by atoms with Crippen LogP contribution in [-0.2, 0) is 0 Å². The Morgan fingerprint density at radius 3 is 1.95 bits per heavy atom. The van der Waals surface area contributed by atoms with Crippen LogP contribution in [0.1, 0.15) is 54.9 Å². The van der Waals surface area contributed by atoms with Crippen molar-refractivity contribution < 1.29 is 0 Å². The lowest BCUT2D eigenvalue weighted by Gasteiger charge is -2.93. The van der Waals surface area contributed by atoms with E-state index < -0.39 is 0 Å². The van der Waals surface area contributed by atoms with Crippen LogP contribution < -0.4 is 0 Å². The van der Waals surface area contributed by atoms with Crippen molar-refractivity contribution in [3.8, 4) is 0 Å². The first kappa shape index (κ1) is 12.4. The molecule has 6 rings (SSSR count). The molecule has 6 saturated carbocycles. The smallest absolute Gasteiger partial charge is 0.0173 e. The minimum Gasteiger partial charge on any atom is -0.0619 e. The van der Waals surface area contributed by atoms with Gasteiger partial charge in [-0.05, 0) is 81.3 Å². The Kier molecular flexibility index (Phi) is 1.58. The third-order valence-electron chi connectivity index (χ3n) is 12.5. The lowest BCUT2D eigenvalue weighted by Crippen LogP contribution is -2.89. The van der Waals surface area contributed by atoms with Gasteiger partial charge in [-0.2, -0.15) is 0 Å². The largest absolute Gasteiger partial charge is 0.0619 e. The summed E-state index contributed by atoms with van der Waals surface area (Å²) in [6, 6.07) is 0. The molecule has 13 atom stereocenters. The summed E-state index contributed by atoms with van der Waals surface area (Å²) in [7, 11) is 0. The molecule has 0 amide bonds. The Labute approximate surface area is 130 Å². The summed E-state index contributed by atoms with van der Waals surface area (Å²) in [6.45, 7) is 18.9. The van der Waals surface area contributed by atoms with Crippen molar-refractivity contribution in [2.45, 2.75) is 54.9 Å². The van der Waals surface area contributed by atoms with Gasteiger partial charge in [-0.25, -0.2) is 0 Å². The maximum absolute atomic E-state index is 2.74. The van der Waals surface area contributed by atoms with Gasteiger partial charge in [0.15, 0.2) is 0 Å². The zero-order valence-electron chi connectivity index (χ0n) is 14.9. The Balaban J connectivity index is 1.71. The highest BCUT2D eigenvalue weighted by Crippen LogP contribution is 2.99.